The van der Waals surface area contributed by atoms with Gasteiger partial charge >= 0.3 is 0 Å². The van der Waals surface area contributed by atoms with Crippen molar-refractivity contribution in [3.63, 3.8) is 0 Å². The predicted octanol–water partition coefficient (Wildman–Crippen LogP) is 6.14. The zero-order chi connectivity index (χ0) is 13.9. The molecule has 110 valence electrons. The van der Waals surface area contributed by atoms with Gasteiger partial charge in [0.1, 0.15) is 0 Å². The first-order valence-corrected chi connectivity index (χ1v) is 8.48. The van der Waals surface area contributed by atoms with E-state index in [2.05, 4.69) is 43.7 Å². The Morgan fingerprint density at radius 3 is 2.26 bits per heavy atom. The smallest absolute Gasteiger partial charge is 0.0205 e. The van der Waals surface area contributed by atoms with E-state index >= 15 is 0 Å². The summed E-state index contributed by atoms with van der Waals surface area (Å²) in [6, 6.07) is 4.52. The van der Waals surface area contributed by atoms with Crippen molar-refractivity contribution >= 4 is 0 Å². The molecule has 19 heavy (non-hydrogen) atoms. The maximum atomic E-state index is 2.41. The molecule has 1 nitrogen and oxygen atoms in total. The first-order valence-electron chi connectivity index (χ1n) is 8.48. The predicted molar refractivity (Wildman–Crippen MR) is 85.7 cm³/mol. The Morgan fingerprint density at radius 1 is 0.947 bits per heavy atom. The summed E-state index contributed by atoms with van der Waals surface area (Å²) in [5, 5.41) is 0. The van der Waals surface area contributed by atoms with Gasteiger partial charge in [0.2, 0.25) is 0 Å². The molecule has 0 fully saturated rings. The summed E-state index contributed by atoms with van der Waals surface area (Å²) in [6.07, 6.45) is 14.8. The molecule has 1 heteroatoms. The number of aryl methyl sites for hydroxylation is 1. The van der Waals surface area contributed by atoms with E-state index < -0.39 is 0 Å². The average molecular weight is 263 g/mol. The van der Waals surface area contributed by atoms with E-state index in [0.29, 0.717) is 0 Å². The standard InChI is InChI=1S/C18H33N/c1-4-7-8-9-10-11-12-14-17(5-2)18-15-13-16-19(18)6-3/h13,15-17H,4-12,14H2,1-3H3. The van der Waals surface area contributed by atoms with Gasteiger partial charge in [0.15, 0.2) is 0 Å². The molecule has 0 spiro atoms. The van der Waals surface area contributed by atoms with Gasteiger partial charge in [-0.15, -0.1) is 0 Å². The fourth-order valence-corrected chi connectivity index (χ4v) is 2.99. The third-order valence-electron chi connectivity index (χ3n) is 4.27. The molecule has 0 radical (unpaired) electrons. The summed E-state index contributed by atoms with van der Waals surface area (Å²) in [4.78, 5) is 0. The van der Waals surface area contributed by atoms with Crippen LogP contribution in [0.2, 0.25) is 0 Å². The van der Waals surface area contributed by atoms with E-state index in [0.717, 1.165) is 12.5 Å². The van der Waals surface area contributed by atoms with Gasteiger partial charge in [-0.3, -0.25) is 0 Å². The highest BCUT2D eigenvalue weighted by Gasteiger charge is 2.12. The Hall–Kier alpha value is -0.720. The number of hydrogen-bond acceptors (Lipinski definition) is 0. The van der Waals surface area contributed by atoms with Gasteiger partial charge in [-0.2, -0.15) is 0 Å². The second-order valence-electron chi connectivity index (χ2n) is 5.73. The van der Waals surface area contributed by atoms with Crippen molar-refractivity contribution in [3.05, 3.63) is 24.0 Å². The molecule has 0 amide bonds. The summed E-state index contributed by atoms with van der Waals surface area (Å²) < 4.78 is 2.41. The maximum Gasteiger partial charge on any atom is 0.0205 e. The fourth-order valence-electron chi connectivity index (χ4n) is 2.99. The molecular weight excluding hydrogens is 230 g/mol. The molecule has 1 heterocycles. The molecule has 0 saturated heterocycles. The minimum atomic E-state index is 0.769. The van der Waals surface area contributed by atoms with Gasteiger partial charge in [-0.05, 0) is 37.8 Å². The largest absolute Gasteiger partial charge is 0.351 e. The highest BCUT2D eigenvalue weighted by molar-refractivity contribution is 5.12. The van der Waals surface area contributed by atoms with Crippen LogP contribution < -0.4 is 0 Å². The lowest BCUT2D eigenvalue weighted by atomic mass is 9.94. The molecule has 0 aliphatic rings. The van der Waals surface area contributed by atoms with E-state index in [1.807, 2.05) is 0 Å². The lowest BCUT2D eigenvalue weighted by molar-refractivity contribution is 0.503. The summed E-state index contributed by atoms with van der Waals surface area (Å²) in [5.41, 5.74) is 1.55. The highest BCUT2D eigenvalue weighted by atomic mass is 15.0. The minimum absolute atomic E-state index is 0.769. The van der Waals surface area contributed by atoms with Gasteiger partial charge in [0, 0.05) is 18.4 Å². The van der Waals surface area contributed by atoms with Gasteiger partial charge < -0.3 is 4.57 Å². The Kier molecular flexibility index (Phi) is 8.69. The topological polar surface area (TPSA) is 4.93 Å². The molecule has 0 aromatic carbocycles. The van der Waals surface area contributed by atoms with E-state index in [1.165, 1.54) is 57.8 Å². The maximum absolute atomic E-state index is 2.41. The summed E-state index contributed by atoms with van der Waals surface area (Å²) in [5.74, 6) is 0.769. The van der Waals surface area contributed by atoms with Crippen LogP contribution in [0.5, 0.6) is 0 Å². The Labute approximate surface area is 120 Å². The van der Waals surface area contributed by atoms with Crippen LogP contribution in [-0.2, 0) is 6.54 Å². The van der Waals surface area contributed by atoms with Crippen molar-refractivity contribution in [1.29, 1.82) is 0 Å². The second-order valence-corrected chi connectivity index (χ2v) is 5.73. The zero-order valence-corrected chi connectivity index (χ0v) is 13.3. The molecule has 1 rings (SSSR count). The minimum Gasteiger partial charge on any atom is -0.351 e. The van der Waals surface area contributed by atoms with Crippen molar-refractivity contribution < 1.29 is 0 Å². The van der Waals surface area contributed by atoms with Crippen LogP contribution in [0, 0.1) is 0 Å². The molecular formula is C18H33N. The average Bonchev–Trinajstić information content (AvgIpc) is 2.90. The second kappa shape index (κ2) is 10.1. The third kappa shape index (κ3) is 5.84. The lowest BCUT2D eigenvalue weighted by Gasteiger charge is -2.17. The molecule has 0 aliphatic heterocycles. The Bertz CT molecular complexity index is 313. The van der Waals surface area contributed by atoms with Crippen molar-refractivity contribution in [2.24, 2.45) is 0 Å². The number of nitrogens with zero attached hydrogens (tertiary/aromatic N) is 1. The lowest BCUT2D eigenvalue weighted by Crippen LogP contribution is -2.05. The van der Waals surface area contributed by atoms with Gasteiger partial charge in [-0.1, -0.05) is 58.8 Å². The third-order valence-corrected chi connectivity index (χ3v) is 4.27. The van der Waals surface area contributed by atoms with Crippen LogP contribution in [0.4, 0.5) is 0 Å². The molecule has 1 aromatic heterocycles. The molecule has 0 aliphatic carbocycles. The molecule has 1 unspecified atom stereocenters. The van der Waals surface area contributed by atoms with Crippen LogP contribution in [0.1, 0.15) is 90.2 Å². The first kappa shape index (κ1) is 16.3. The van der Waals surface area contributed by atoms with Crippen LogP contribution in [0.25, 0.3) is 0 Å². The van der Waals surface area contributed by atoms with Crippen LogP contribution in [0.15, 0.2) is 18.3 Å². The molecule has 0 saturated carbocycles. The molecule has 0 bridgehead atoms. The summed E-state index contributed by atoms with van der Waals surface area (Å²) in [7, 11) is 0. The molecule has 1 atom stereocenters. The molecule has 1 aromatic rings. The van der Waals surface area contributed by atoms with Gasteiger partial charge in [0.25, 0.3) is 0 Å². The Balaban J connectivity index is 2.22. The normalized spacial score (nSPS) is 12.8. The van der Waals surface area contributed by atoms with E-state index in [9.17, 15) is 0 Å². The van der Waals surface area contributed by atoms with Gasteiger partial charge in [0.05, 0.1) is 0 Å². The van der Waals surface area contributed by atoms with Crippen LogP contribution in [-0.4, -0.2) is 4.57 Å². The summed E-state index contributed by atoms with van der Waals surface area (Å²) in [6.45, 7) is 7.97. The van der Waals surface area contributed by atoms with Crippen molar-refractivity contribution in [2.45, 2.75) is 91.0 Å². The van der Waals surface area contributed by atoms with E-state index in [4.69, 9.17) is 0 Å². The highest BCUT2D eigenvalue weighted by Crippen LogP contribution is 2.26. The zero-order valence-electron chi connectivity index (χ0n) is 13.3. The number of rotatable bonds is 11. The van der Waals surface area contributed by atoms with E-state index in [-0.39, 0.29) is 0 Å². The number of aromatic nitrogens is 1. The molecule has 0 N–H and O–H groups in total. The van der Waals surface area contributed by atoms with E-state index in [1.54, 1.807) is 5.69 Å². The number of unbranched alkanes of at least 4 members (excludes halogenated alkanes) is 6. The Morgan fingerprint density at radius 2 is 1.63 bits per heavy atom. The van der Waals surface area contributed by atoms with Crippen molar-refractivity contribution in [1.82, 2.24) is 4.57 Å². The monoisotopic (exact) mass is 263 g/mol. The summed E-state index contributed by atoms with van der Waals surface area (Å²) >= 11 is 0. The quantitative estimate of drug-likeness (QED) is 0.422. The fraction of sp³-hybridized carbons (Fsp3) is 0.778. The van der Waals surface area contributed by atoms with Crippen molar-refractivity contribution in [2.75, 3.05) is 0 Å². The first-order chi connectivity index (χ1) is 9.33. The van der Waals surface area contributed by atoms with Crippen LogP contribution >= 0.6 is 0 Å². The van der Waals surface area contributed by atoms with Crippen LogP contribution in [0.3, 0.4) is 0 Å². The van der Waals surface area contributed by atoms with Gasteiger partial charge in [-0.25, -0.2) is 0 Å². The van der Waals surface area contributed by atoms with Crippen molar-refractivity contribution in [3.8, 4) is 0 Å². The SMILES string of the molecule is CCCCCCCCCC(CC)c1cccn1CC. The number of hydrogen-bond donors (Lipinski definition) is 0.